The van der Waals surface area contributed by atoms with Crippen LogP contribution < -0.4 is 10.2 Å². The van der Waals surface area contributed by atoms with Gasteiger partial charge in [0.15, 0.2) is 0 Å². The molecule has 0 saturated carbocycles. The van der Waals surface area contributed by atoms with Crippen molar-refractivity contribution in [3.05, 3.63) is 57.8 Å². The molecule has 0 saturated heterocycles. The lowest BCUT2D eigenvalue weighted by Crippen LogP contribution is -2.31. The van der Waals surface area contributed by atoms with Crippen LogP contribution in [0.3, 0.4) is 0 Å². The Hall–Kier alpha value is -1.27. The van der Waals surface area contributed by atoms with Crippen molar-refractivity contribution in [1.82, 2.24) is 0 Å². The van der Waals surface area contributed by atoms with Gasteiger partial charge in [0.25, 0.3) is 0 Å². The Morgan fingerprint density at radius 1 is 1.10 bits per heavy atom. The van der Waals surface area contributed by atoms with E-state index in [0.717, 1.165) is 12.1 Å². The minimum atomic E-state index is -1.74. The molecule has 0 aliphatic rings. The van der Waals surface area contributed by atoms with Crippen LogP contribution in [-0.4, -0.2) is 17.2 Å². The summed E-state index contributed by atoms with van der Waals surface area (Å²) in [6.45, 7) is 0.0547. The first-order chi connectivity index (χ1) is 9.47. The zero-order valence-corrected chi connectivity index (χ0v) is 11.7. The maximum Gasteiger partial charge on any atom is 0.492 e. The largest absolute Gasteiger partial charge is 0.492 e. The molecule has 0 atom stereocenters. The number of hydrogen-bond acceptors (Lipinski definition) is 3. The minimum absolute atomic E-state index is 0.0472. The Labute approximate surface area is 125 Å². The lowest BCUT2D eigenvalue weighted by atomic mass is 9.79. The van der Waals surface area contributed by atoms with Crippen molar-refractivity contribution in [3.8, 4) is 5.75 Å². The quantitative estimate of drug-likeness (QED) is 0.852. The molecule has 0 aliphatic carbocycles. The van der Waals surface area contributed by atoms with Crippen LogP contribution in [0.5, 0.6) is 5.75 Å². The monoisotopic (exact) mass is 314 g/mol. The number of rotatable bonds is 4. The summed E-state index contributed by atoms with van der Waals surface area (Å²) < 4.78 is 18.6. The molecule has 0 fully saturated rings. The van der Waals surface area contributed by atoms with Gasteiger partial charge in [0, 0.05) is 27.1 Å². The lowest BCUT2D eigenvalue weighted by Gasteiger charge is -2.12. The average Bonchev–Trinajstić information content (AvgIpc) is 2.37. The van der Waals surface area contributed by atoms with Gasteiger partial charge in [-0.2, -0.15) is 0 Å². The third-order valence-corrected chi connectivity index (χ3v) is 3.24. The first-order valence-electron chi connectivity index (χ1n) is 5.69. The fraction of sp³-hybridized carbons (Fsp3) is 0.0769. The fourth-order valence-electron chi connectivity index (χ4n) is 1.64. The van der Waals surface area contributed by atoms with Crippen molar-refractivity contribution in [3.63, 3.8) is 0 Å². The molecular formula is C13H10BCl2FO3. The first-order valence-corrected chi connectivity index (χ1v) is 6.45. The molecule has 20 heavy (non-hydrogen) atoms. The smallest absolute Gasteiger partial charge is 0.489 e. The van der Waals surface area contributed by atoms with E-state index in [4.69, 9.17) is 27.9 Å². The summed E-state index contributed by atoms with van der Waals surface area (Å²) in [5.74, 6) is -0.488. The number of ether oxygens (including phenoxy) is 1. The van der Waals surface area contributed by atoms with E-state index in [1.807, 2.05) is 0 Å². The van der Waals surface area contributed by atoms with Gasteiger partial charge in [-0.05, 0) is 18.2 Å². The highest BCUT2D eigenvalue weighted by atomic mass is 35.5. The molecule has 0 unspecified atom stereocenters. The summed E-state index contributed by atoms with van der Waals surface area (Å²) in [4.78, 5) is 0. The number of benzene rings is 2. The predicted molar refractivity (Wildman–Crippen MR) is 77.0 cm³/mol. The van der Waals surface area contributed by atoms with E-state index in [1.54, 1.807) is 18.2 Å². The summed E-state index contributed by atoms with van der Waals surface area (Å²) in [6, 6.07) is 8.35. The van der Waals surface area contributed by atoms with Crippen molar-refractivity contribution in [2.45, 2.75) is 6.61 Å². The molecule has 0 aliphatic heterocycles. The Morgan fingerprint density at radius 3 is 2.50 bits per heavy atom. The third kappa shape index (κ3) is 3.64. The molecule has 7 heteroatoms. The van der Waals surface area contributed by atoms with Crippen LogP contribution in [0.4, 0.5) is 4.39 Å². The second-order valence-corrected chi connectivity index (χ2v) is 4.92. The molecule has 2 rings (SSSR count). The second-order valence-electron chi connectivity index (χ2n) is 4.08. The summed E-state index contributed by atoms with van der Waals surface area (Å²) in [5, 5.41) is 19.3. The molecule has 2 N–H and O–H groups in total. The standard InChI is InChI=1S/C13H10BCl2FO3/c15-9-2-1-8(12(16)5-9)7-20-13-6-10(17)3-4-11(13)14(18)19/h1-6,18-19H,7H2. The van der Waals surface area contributed by atoms with E-state index in [1.165, 1.54) is 6.07 Å². The van der Waals surface area contributed by atoms with Gasteiger partial charge in [-0.25, -0.2) is 4.39 Å². The Balaban J connectivity index is 2.20. The number of halogens is 3. The average molecular weight is 315 g/mol. The zero-order chi connectivity index (χ0) is 14.7. The molecule has 0 heterocycles. The maximum atomic E-state index is 13.2. The SMILES string of the molecule is OB(O)c1ccc(F)cc1OCc1ccc(Cl)cc1Cl. The van der Waals surface area contributed by atoms with E-state index in [2.05, 4.69) is 0 Å². The Kier molecular flexibility index (Phi) is 4.88. The van der Waals surface area contributed by atoms with Gasteiger partial charge in [0.05, 0.1) is 0 Å². The van der Waals surface area contributed by atoms with Gasteiger partial charge in [-0.3, -0.25) is 0 Å². The van der Waals surface area contributed by atoms with E-state index in [0.29, 0.717) is 15.6 Å². The molecule has 104 valence electrons. The summed E-state index contributed by atoms with van der Waals surface area (Å²) in [7, 11) is -1.74. The van der Waals surface area contributed by atoms with Gasteiger partial charge in [0.1, 0.15) is 18.2 Å². The van der Waals surface area contributed by atoms with Crippen LogP contribution in [0.1, 0.15) is 5.56 Å². The van der Waals surface area contributed by atoms with E-state index in [9.17, 15) is 14.4 Å². The molecule has 2 aromatic carbocycles. The highest BCUT2D eigenvalue weighted by molar-refractivity contribution is 6.59. The van der Waals surface area contributed by atoms with E-state index >= 15 is 0 Å². The van der Waals surface area contributed by atoms with Crippen LogP contribution in [0.2, 0.25) is 10.0 Å². The van der Waals surface area contributed by atoms with Crippen LogP contribution >= 0.6 is 23.2 Å². The van der Waals surface area contributed by atoms with Gasteiger partial charge in [0.2, 0.25) is 0 Å². The van der Waals surface area contributed by atoms with E-state index in [-0.39, 0.29) is 17.8 Å². The van der Waals surface area contributed by atoms with Crippen molar-refractivity contribution in [1.29, 1.82) is 0 Å². The van der Waals surface area contributed by atoms with Crippen molar-refractivity contribution in [2.24, 2.45) is 0 Å². The van der Waals surface area contributed by atoms with E-state index < -0.39 is 12.9 Å². The summed E-state index contributed by atoms with van der Waals surface area (Å²) in [5.41, 5.74) is 0.732. The predicted octanol–water partition coefficient (Wildman–Crippen LogP) is 2.39. The summed E-state index contributed by atoms with van der Waals surface area (Å²) in [6.07, 6.45) is 0. The van der Waals surface area contributed by atoms with Gasteiger partial charge < -0.3 is 14.8 Å². The van der Waals surface area contributed by atoms with Gasteiger partial charge in [-0.1, -0.05) is 35.3 Å². The Morgan fingerprint density at radius 2 is 1.85 bits per heavy atom. The topological polar surface area (TPSA) is 49.7 Å². The van der Waals surface area contributed by atoms with Crippen molar-refractivity contribution in [2.75, 3.05) is 0 Å². The molecule has 0 amide bonds. The highest BCUT2D eigenvalue weighted by Crippen LogP contribution is 2.22. The maximum absolute atomic E-state index is 13.2. The summed E-state index contributed by atoms with van der Waals surface area (Å²) >= 11 is 11.8. The van der Waals surface area contributed by atoms with Gasteiger partial charge in [-0.15, -0.1) is 0 Å². The first kappa shape index (κ1) is 15.1. The molecule has 0 bridgehead atoms. The van der Waals surface area contributed by atoms with Crippen LogP contribution in [0, 0.1) is 5.82 Å². The van der Waals surface area contributed by atoms with Crippen LogP contribution in [-0.2, 0) is 6.61 Å². The second kappa shape index (κ2) is 6.46. The fourth-order valence-corrected chi connectivity index (χ4v) is 2.10. The molecule has 0 spiro atoms. The molecule has 2 aromatic rings. The molecule has 0 aromatic heterocycles. The Bertz CT molecular complexity index is 623. The van der Waals surface area contributed by atoms with Crippen molar-refractivity contribution >= 4 is 35.8 Å². The minimum Gasteiger partial charge on any atom is -0.489 e. The van der Waals surface area contributed by atoms with Crippen molar-refractivity contribution < 1.29 is 19.2 Å². The van der Waals surface area contributed by atoms with Crippen LogP contribution in [0.25, 0.3) is 0 Å². The highest BCUT2D eigenvalue weighted by Gasteiger charge is 2.18. The van der Waals surface area contributed by atoms with Crippen LogP contribution in [0.15, 0.2) is 36.4 Å². The molecular weight excluding hydrogens is 305 g/mol. The van der Waals surface area contributed by atoms with Gasteiger partial charge >= 0.3 is 7.12 Å². The normalized spacial score (nSPS) is 10.4. The zero-order valence-electron chi connectivity index (χ0n) is 10.2. The number of hydrogen-bond donors (Lipinski definition) is 2. The molecule has 0 radical (unpaired) electrons. The third-order valence-electron chi connectivity index (χ3n) is 2.65. The molecule has 3 nitrogen and oxygen atoms in total. The lowest BCUT2D eigenvalue weighted by molar-refractivity contribution is 0.305.